The van der Waals surface area contributed by atoms with Crippen molar-refractivity contribution in [3.8, 4) is 10.7 Å². The first kappa shape index (κ1) is 15.5. The number of hydrogen-bond acceptors (Lipinski definition) is 6. The number of hydrogen-bond donors (Lipinski definition) is 0. The Balaban J connectivity index is 1.43. The smallest absolute Gasteiger partial charge is 0.410 e. The molecule has 4 heterocycles. The van der Waals surface area contributed by atoms with Crippen molar-refractivity contribution in [1.82, 2.24) is 19.8 Å². The Hall–Kier alpha value is -1.99. The molecule has 0 saturated carbocycles. The summed E-state index contributed by atoms with van der Waals surface area (Å²) < 4.78 is 5.65. The highest BCUT2D eigenvalue weighted by atomic mass is 32.1. The largest absolute Gasteiger partial charge is 0.440 e. The van der Waals surface area contributed by atoms with E-state index in [1.54, 1.807) is 23.3 Å². The molecule has 1 amide bonds. The molecule has 4 rings (SSSR count). The van der Waals surface area contributed by atoms with E-state index in [1.807, 2.05) is 29.9 Å². The standard InChI is InChI=1S/C17H20N4O2S/c1-20-11-17(23-16(20)22)5-3-6-21(12-17)10-13-8-18-15(19-9-13)14-4-2-7-24-14/h2,4,7-9H,3,5-6,10-12H2,1H3/t17-/m1/s1. The molecule has 24 heavy (non-hydrogen) atoms. The summed E-state index contributed by atoms with van der Waals surface area (Å²) in [6.45, 7) is 3.25. The molecule has 2 fully saturated rings. The predicted molar refractivity (Wildman–Crippen MR) is 91.7 cm³/mol. The number of thiophene rings is 1. The Morgan fingerprint density at radius 1 is 1.33 bits per heavy atom. The lowest BCUT2D eigenvalue weighted by molar-refractivity contribution is -0.0114. The van der Waals surface area contributed by atoms with Crippen molar-refractivity contribution in [3.05, 3.63) is 35.5 Å². The van der Waals surface area contributed by atoms with E-state index < -0.39 is 0 Å². The summed E-state index contributed by atoms with van der Waals surface area (Å²) in [5, 5.41) is 2.03. The zero-order chi connectivity index (χ0) is 16.6. The monoisotopic (exact) mass is 344 g/mol. The van der Waals surface area contributed by atoms with Crippen molar-refractivity contribution in [2.75, 3.05) is 26.7 Å². The van der Waals surface area contributed by atoms with E-state index in [9.17, 15) is 4.79 Å². The first-order valence-corrected chi connectivity index (χ1v) is 9.03. The number of carbonyl (C=O) groups is 1. The van der Waals surface area contributed by atoms with Crippen molar-refractivity contribution in [2.24, 2.45) is 0 Å². The fourth-order valence-corrected chi connectivity index (χ4v) is 4.23. The molecule has 7 heteroatoms. The van der Waals surface area contributed by atoms with Crippen LogP contribution in [0.5, 0.6) is 0 Å². The zero-order valence-corrected chi connectivity index (χ0v) is 14.5. The highest BCUT2D eigenvalue weighted by Crippen LogP contribution is 2.32. The van der Waals surface area contributed by atoms with Gasteiger partial charge in [0.25, 0.3) is 0 Å². The van der Waals surface area contributed by atoms with Crippen LogP contribution in [0.3, 0.4) is 0 Å². The number of carbonyl (C=O) groups excluding carboxylic acids is 1. The summed E-state index contributed by atoms with van der Waals surface area (Å²) in [5.74, 6) is 0.773. The second-order valence-corrected chi connectivity index (χ2v) is 7.56. The molecular weight excluding hydrogens is 324 g/mol. The number of piperidine rings is 1. The van der Waals surface area contributed by atoms with Gasteiger partial charge < -0.3 is 9.64 Å². The quantitative estimate of drug-likeness (QED) is 0.857. The van der Waals surface area contributed by atoms with Gasteiger partial charge in [0.2, 0.25) is 0 Å². The van der Waals surface area contributed by atoms with E-state index in [4.69, 9.17) is 4.74 Å². The maximum Gasteiger partial charge on any atom is 0.410 e. The van der Waals surface area contributed by atoms with Crippen LogP contribution < -0.4 is 0 Å². The highest BCUT2D eigenvalue weighted by molar-refractivity contribution is 7.13. The molecule has 0 aromatic carbocycles. The van der Waals surface area contributed by atoms with E-state index in [0.29, 0.717) is 6.54 Å². The number of rotatable bonds is 3. The van der Waals surface area contributed by atoms with Gasteiger partial charge in [-0.3, -0.25) is 4.90 Å². The topological polar surface area (TPSA) is 58.6 Å². The molecule has 2 saturated heterocycles. The number of amides is 1. The number of aromatic nitrogens is 2. The molecule has 0 aliphatic carbocycles. The van der Waals surface area contributed by atoms with Gasteiger partial charge in [-0.2, -0.15) is 0 Å². The van der Waals surface area contributed by atoms with Gasteiger partial charge in [-0.1, -0.05) is 6.07 Å². The number of ether oxygens (including phenoxy) is 1. The zero-order valence-electron chi connectivity index (χ0n) is 13.6. The summed E-state index contributed by atoms with van der Waals surface area (Å²) in [4.78, 5) is 25.8. The van der Waals surface area contributed by atoms with Crippen LogP contribution >= 0.6 is 11.3 Å². The van der Waals surface area contributed by atoms with E-state index in [1.165, 1.54) is 0 Å². The average molecular weight is 344 g/mol. The molecule has 0 N–H and O–H groups in total. The predicted octanol–water partition coefficient (Wildman–Crippen LogP) is 2.62. The van der Waals surface area contributed by atoms with Gasteiger partial charge in [0.1, 0.15) is 5.60 Å². The van der Waals surface area contributed by atoms with Crippen LogP contribution in [-0.4, -0.2) is 58.1 Å². The Morgan fingerprint density at radius 3 is 2.83 bits per heavy atom. The Bertz CT molecular complexity index is 719. The van der Waals surface area contributed by atoms with Crippen LogP contribution in [0.15, 0.2) is 29.9 Å². The minimum absolute atomic E-state index is 0.208. The molecule has 1 atom stereocenters. The second kappa shape index (κ2) is 6.14. The maximum atomic E-state index is 11.7. The van der Waals surface area contributed by atoms with Gasteiger partial charge >= 0.3 is 6.09 Å². The lowest BCUT2D eigenvalue weighted by Crippen LogP contribution is -2.50. The van der Waals surface area contributed by atoms with Crippen molar-refractivity contribution < 1.29 is 9.53 Å². The van der Waals surface area contributed by atoms with Crippen molar-refractivity contribution in [2.45, 2.75) is 25.0 Å². The summed E-state index contributed by atoms with van der Waals surface area (Å²) in [7, 11) is 1.80. The Morgan fingerprint density at radius 2 is 2.17 bits per heavy atom. The van der Waals surface area contributed by atoms with E-state index >= 15 is 0 Å². The molecule has 126 valence electrons. The molecule has 0 radical (unpaired) electrons. The van der Waals surface area contributed by atoms with Crippen LogP contribution in [0.25, 0.3) is 10.7 Å². The fraction of sp³-hybridized carbons (Fsp3) is 0.471. The summed E-state index contributed by atoms with van der Waals surface area (Å²) >= 11 is 1.64. The molecule has 6 nitrogen and oxygen atoms in total. The van der Waals surface area contributed by atoms with Gasteiger partial charge in [-0.05, 0) is 30.8 Å². The van der Waals surface area contributed by atoms with Crippen LogP contribution in [0.4, 0.5) is 4.79 Å². The van der Waals surface area contributed by atoms with Crippen molar-refractivity contribution in [1.29, 1.82) is 0 Å². The SMILES string of the molecule is CN1C[C@@]2(CCCN(Cc3cnc(-c4cccs4)nc3)C2)OC1=O. The molecule has 2 aliphatic heterocycles. The first-order chi connectivity index (χ1) is 11.6. The molecule has 0 bridgehead atoms. The lowest BCUT2D eigenvalue weighted by Gasteiger charge is -2.38. The van der Waals surface area contributed by atoms with Gasteiger partial charge in [0.15, 0.2) is 5.82 Å². The second-order valence-electron chi connectivity index (χ2n) is 6.61. The highest BCUT2D eigenvalue weighted by Gasteiger charge is 2.46. The van der Waals surface area contributed by atoms with Crippen molar-refractivity contribution >= 4 is 17.4 Å². The molecule has 0 unspecified atom stereocenters. The van der Waals surface area contributed by atoms with Crippen molar-refractivity contribution in [3.63, 3.8) is 0 Å². The summed E-state index contributed by atoms with van der Waals surface area (Å²) in [6, 6.07) is 4.03. The van der Waals surface area contributed by atoms with Crippen LogP contribution in [-0.2, 0) is 11.3 Å². The molecule has 2 aliphatic rings. The van der Waals surface area contributed by atoms with Gasteiger partial charge in [-0.15, -0.1) is 11.3 Å². The van der Waals surface area contributed by atoms with E-state index in [2.05, 4.69) is 14.9 Å². The third-order valence-corrected chi connectivity index (χ3v) is 5.48. The summed E-state index contributed by atoms with van der Waals surface area (Å²) in [6.07, 6.45) is 5.56. The molecule has 1 spiro atoms. The number of nitrogens with zero attached hydrogens (tertiary/aromatic N) is 4. The Kier molecular flexibility index (Phi) is 3.97. The maximum absolute atomic E-state index is 11.7. The number of likely N-dealkylation sites (N-methyl/N-ethyl adjacent to an activating group) is 1. The van der Waals surface area contributed by atoms with E-state index in [0.717, 1.165) is 48.7 Å². The third kappa shape index (κ3) is 3.01. The first-order valence-electron chi connectivity index (χ1n) is 8.15. The molecule has 2 aromatic rings. The lowest BCUT2D eigenvalue weighted by atomic mass is 9.92. The van der Waals surface area contributed by atoms with Gasteiger partial charge in [0.05, 0.1) is 11.4 Å². The van der Waals surface area contributed by atoms with Crippen LogP contribution in [0, 0.1) is 0 Å². The minimum Gasteiger partial charge on any atom is -0.440 e. The third-order valence-electron chi connectivity index (χ3n) is 4.61. The molecule has 2 aromatic heterocycles. The Labute approximate surface area is 145 Å². The van der Waals surface area contributed by atoms with E-state index in [-0.39, 0.29) is 11.7 Å². The van der Waals surface area contributed by atoms with Crippen LogP contribution in [0.1, 0.15) is 18.4 Å². The number of likely N-dealkylation sites (tertiary alicyclic amines) is 1. The van der Waals surface area contributed by atoms with Gasteiger partial charge in [-0.25, -0.2) is 14.8 Å². The minimum atomic E-state index is -0.345. The molecular formula is C17H20N4O2S. The summed E-state index contributed by atoms with van der Waals surface area (Å²) in [5.41, 5.74) is 0.743. The normalized spacial score (nSPS) is 24.5. The van der Waals surface area contributed by atoms with Gasteiger partial charge in [0, 0.05) is 38.1 Å². The fourth-order valence-electron chi connectivity index (χ4n) is 3.56. The average Bonchev–Trinajstić information content (AvgIpc) is 3.18. The van der Waals surface area contributed by atoms with Crippen LogP contribution in [0.2, 0.25) is 0 Å².